The minimum atomic E-state index is -0.254. The fourth-order valence-electron chi connectivity index (χ4n) is 2.61. The molecule has 0 saturated heterocycles. The van der Waals surface area contributed by atoms with Crippen molar-refractivity contribution in [3.63, 3.8) is 0 Å². The molecule has 2 heteroatoms. The van der Waals surface area contributed by atoms with Crippen molar-refractivity contribution >= 4 is 5.97 Å². The maximum atomic E-state index is 11.6. The minimum Gasteiger partial charge on any atom is -0.459 e. The molecule has 0 saturated carbocycles. The fourth-order valence-corrected chi connectivity index (χ4v) is 2.61. The van der Waals surface area contributed by atoms with Gasteiger partial charge in [0.1, 0.15) is 6.10 Å². The smallest absolute Gasteiger partial charge is 0.333 e. The van der Waals surface area contributed by atoms with Gasteiger partial charge in [-0.05, 0) is 44.1 Å². The van der Waals surface area contributed by atoms with E-state index in [0.717, 1.165) is 25.7 Å². The molecule has 22 heavy (non-hydrogen) atoms. The molecule has 0 aliphatic rings. The van der Waals surface area contributed by atoms with Gasteiger partial charge in [0.05, 0.1) is 0 Å². The lowest BCUT2D eigenvalue weighted by Gasteiger charge is -2.18. The molecule has 0 aromatic heterocycles. The summed E-state index contributed by atoms with van der Waals surface area (Å²) in [6.07, 6.45) is 6.42. The van der Waals surface area contributed by atoms with E-state index in [9.17, 15) is 4.79 Å². The van der Waals surface area contributed by atoms with E-state index in [2.05, 4.69) is 50.8 Å². The molecule has 0 N–H and O–H groups in total. The van der Waals surface area contributed by atoms with E-state index >= 15 is 0 Å². The number of ether oxygens (including phenoxy) is 1. The van der Waals surface area contributed by atoms with Gasteiger partial charge in [0, 0.05) is 5.57 Å². The van der Waals surface area contributed by atoms with Crippen LogP contribution in [-0.4, -0.2) is 12.1 Å². The second-order valence-corrected chi connectivity index (χ2v) is 6.19. The summed E-state index contributed by atoms with van der Waals surface area (Å²) in [7, 11) is 0. The van der Waals surface area contributed by atoms with Crippen LogP contribution in [0, 0.1) is 0 Å². The van der Waals surface area contributed by atoms with E-state index in [1.54, 1.807) is 6.92 Å². The average molecular weight is 302 g/mol. The first kappa shape index (κ1) is 18.5. The molecule has 0 aliphatic heterocycles. The maximum Gasteiger partial charge on any atom is 0.333 e. The molecule has 1 aromatic carbocycles. The van der Waals surface area contributed by atoms with Crippen LogP contribution in [0.25, 0.3) is 0 Å². The lowest BCUT2D eigenvalue weighted by atomic mass is 9.94. The monoisotopic (exact) mass is 302 g/mol. The largest absolute Gasteiger partial charge is 0.459 e. The van der Waals surface area contributed by atoms with Gasteiger partial charge in [-0.25, -0.2) is 4.79 Å². The van der Waals surface area contributed by atoms with Crippen LogP contribution in [0.1, 0.15) is 70.8 Å². The molecular formula is C20H30O2. The van der Waals surface area contributed by atoms with Crippen molar-refractivity contribution in [3.8, 4) is 0 Å². The van der Waals surface area contributed by atoms with E-state index in [1.165, 1.54) is 18.4 Å². The number of carbonyl (C=O) groups excluding carboxylic acids is 1. The van der Waals surface area contributed by atoms with E-state index < -0.39 is 0 Å². The molecular weight excluding hydrogens is 272 g/mol. The van der Waals surface area contributed by atoms with Crippen LogP contribution >= 0.6 is 0 Å². The normalized spacial score (nSPS) is 13.4. The third-order valence-corrected chi connectivity index (χ3v) is 4.01. The Bertz CT molecular complexity index is 450. The molecule has 0 bridgehead atoms. The highest BCUT2D eigenvalue weighted by Gasteiger charge is 2.14. The second kappa shape index (κ2) is 10.2. The number of esters is 1. The predicted octanol–water partition coefficient (Wildman–Crippen LogP) is 5.64. The Morgan fingerprint density at radius 3 is 2.36 bits per heavy atom. The SMILES string of the molecule is C=C(C)C(=O)OC(CCC)CCCCC(C)c1ccccc1. The van der Waals surface area contributed by atoms with Crippen LogP contribution in [0.5, 0.6) is 0 Å². The Hall–Kier alpha value is -1.57. The lowest BCUT2D eigenvalue weighted by Crippen LogP contribution is -2.18. The minimum absolute atomic E-state index is 0.0428. The molecule has 2 atom stereocenters. The summed E-state index contributed by atoms with van der Waals surface area (Å²) in [6, 6.07) is 10.6. The van der Waals surface area contributed by atoms with Crippen molar-refractivity contribution in [1.82, 2.24) is 0 Å². The topological polar surface area (TPSA) is 26.3 Å². The van der Waals surface area contributed by atoms with E-state index in [1.807, 2.05) is 0 Å². The zero-order chi connectivity index (χ0) is 16.4. The second-order valence-electron chi connectivity index (χ2n) is 6.19. The number of rotatable bonds is 10. The summed E-state index contributed by atoms with van der Waals surface area (Å²) in [5.74, 6) is 0.333. The molecule has 2 unspecified atom stereocenters. The van der Waals surface area contributed by atoms with E-state index in [4.69, 9.17) is 4.74 Å². The number of hydrogen-bond donors (Lipinski definition) is 0. The quantitative estimate of drug-likeness (QED) is 0.318. The van der Waals surface area contributed by atoms with Gasteiger partial charge in [0.25, 0.3) is 0 Å². The summed E-state index contributed by atoms with van der Waals surface area (Å²) >= 11 is 0. The van der Waals surface area contributed by atoms with Crippen LogP contribution in [-0.2, 0) is 9.53 Å². The first-order valence-electron chi connectivity index (χ1n) is 8.46. The van der Waals surface area contributed by atoms with Crippen LogP contribution < -0.4 is 0 Å². The van der Waals surface area contributed by atoms with Gasteiger partial charge >= 0.3 is 5.97 Å². The van der Waals surface area contributed by atoms with Crippen molar-refractivity contribution in [1.29, 1.82) is 0 Å². The molecule has 2 nitrogen and oxygen atoms in total. The van der Waals surface area contributed by atoms with Crippen molar-refractivity contribution in [3.05, 3.63) is 48.0 Å². The zero-order valence-corrected chi connectivity index (χ0v) is 14.3. The van der Waals surface area contributed by atoms with Crippen molar-refractivity contribution < 1.29 is 9.53 Å². The maximum absolute atomic E-state index is 11.6. The molecule has 0 heterocycles. The molecule has 122 valence electrons. The highest BCUT2D eigenvalue weighted by molar-refractivity contribution is 5.87. The Morgan fingerprint density at radius 1 is 1.14 bits per heavy atom. The van der Waals surface area contributed by atoms with Crippen molar-refractivity contribution in [2.45, 2.75) is 71.3 Å². The van der Waals surface area contributed by atoms with Gasteiger partial charge in [-0.1, -0.05) is 63.6 Å². The van der Waals surface area contributed by atoms with Crippen LogP contribution in [0.4, 0.5) is 0 Å². The highest BCUT2D eigenvalue weighted by Crippen LogP contribution is 2.22. The molecule has 0 spiro atoms. The van der Waals surface area contributed by atoms with Gasteiger partial charge in [-0.15, -0.1) is 0 Å². The summed E-state index contributed by atoms with van der Waals surface area (Å²) in [5, 5.41) is 0. The molecule has 0 aliphatic carbocycles. The molecule has 0 amide bonds. The lowest BCUT2D eigenvalue weighted by molar-refractivity contribution is -0.144. The first-order chi connectivity index (χ1) is 10.5. The number of unbranched alkanes of at least 4 members (excludes halogenated alkanes) is 1. The van der Waals surface area contributed by atoms with Crippen LogP contribution in [0.2, 0.25) is 0 Å². The summed E-state index contributed by atoms with van der Waals surface area (Å²) in [5.41, 5.74) is 1.89. The van der Waals surface area contributed by atoms with Gasteiger partial charge < -0.3 is 4.74 Å². The standard InChI is InChI=1S/C20H30O2/c1-5-11-19(22-20(21)16(2)3)15-10-9-12-17(4)18-13-7-6-8-14-18/h6-8,13-14,17,19H,2,5,9-12,15H2,1,3-4H3. The van der Waals surface area contributed by atoms with Gasteiger partial charge in [-0.3, -0.25) is 0 Å². The Balaban J connectivity index is 2.30. The molecule has 0 fully saturated rings. The Kier molecular flexibility index (Phi) is 8.57. The fraction of sp³-hybridized carbons (Fsp3) is 0.550. The van der Waals surface area contributed by atoms with Crippen LogP contribution in [0.15, 0.2) is 42.5 Å². The molecule has 1 aromatic rings. The average Bonchev–Trinajstić information content (AvgIpc) is 2.52. The molecule has 0 radical (unpaired) electrons. The van der Waals surface area contributed by atoms with Gasteiger partial charge in [-0.2, -0.15) is 0 Å². The number of carbonyl (C=O) groups is 1. The third kappa shape index (κ3) is 6.93. The predicted molar refractivity (Wildman–Crippen MR) is 92.9 cm³/mol. The Morgan fingerprint density at radius 2 is 1.77 bits per heavy atom. The van der Waals surface area contributed by atoms with Gasteiger partial charge in [0.15, 0.2) is 0 Å². The number of benzene rings is 1. The van der Waals surface area contributed by atoms with Crippen LogP contribution in [0.3, 0.4) is 0 Å². The zero-order valence-electron chi connectivity index (χ0n) is 14.3. The van der Waals surface area contributed by atoms with E-state index in [-0.39, 0.29) is 12.1 Å². The molecule has 1 rings (SSSR count). The van der Waals surface area contributed by atoms with E-state index in [0.29, 0.717) is 11.5 Å². The highest BCUT2D eigenvalue weighted by atomic mass is 16.5. The number of hydrogen-bond acceptors (Lipinski definition) is 2. The first-order valence-corrected chi connectivity index (χ1v) is 8.46. The van der Waals surface area contributed by atoms with Crippen molar-refractivity contribution in [2.75, 3.05) is 0 Å². The van der Waals surface area contributed by atoms with Gasteiger partial charge in [0.2, 0.25) is 0 Å². The summed E-state index contributed by atoms with van der Waals surface area (Å²) in [6.45, 7) is 9.75. The Labute approximate surface area is 135 Å². The summed E-state index contributed by atoms with van der Waals surface area (Å²) < 4.78 is 5.51. The summed E-state index contributed by atoms with van der Waals surface area (Å²) in [4.78, 5) is 11.6. The van der Waals surface area contributed by atoms with Crippen molar-refractivity contribution in [2.24, 2.45) is 0 Å². The third-order valence-electron chi connectivity index (χ3n) is 4.01.